The van der Waals surface area contributed by atoms with Gasteiger partial charge in [0.25, 0.3) is 5.91 Å². The van der Waals surface area contributed by atoms with Gasteiger partial charge >= 0.3 is 0 Å². The molecule has 6 nitrogen and oxygen atoms in total. The highest BCUT2D eigenvalue weighted by Gasteiger charge is 2.11. The second-order valence-electron chi connectivity index (χ2n) is 4.36. The SMILES string of the molecule is N#Cc1ccc(C(=O)Nc2ccc3nccnc3c2)nc1Cl. The smallest absolute Gasteiger partial charge is 0.274 e. The summed E-state index contributed by atoms with van der Waals surface area (Å²) in [5.74, 6) is -0.422. The van der Waals surface area contributed by atoms with E-state index in [1.54, 1.807) is 30.6 Å². The first-order valence-electron chi connectivity index (χ1n) is 6.26. The Balaban J connectivity index is 1.86. The number of hydrogen-bond acceptors (Lipinski definition) is 5. The molecule has 0 radical (unpaired) electrons. The highest BCUT2D eigenvalue weighted by atomic mass is 35.5. The number of nitriles is 1. The van der Waals surface area contributed by atoms with Gasteiger partial charge in [-0.3, -0.25) is 14.8 Å². The van der Waals surface area contributed by atoms with Crippen LogP contribution in [0.15, 0.2) is 42.7 Å². The molecule has 7 heteroatoms. The van der Waals surface area contributed by atoms with Gasteiger partial charge in [-0.1, -0.05) is 11.6 Å². The van der Waals surface area contributed by atoms with E-state index in [-0.39, 0.29) is 16.4 Å². The van der Waals surface area contributed by atoms with Crippen LogP contribution in [-0.2, 0) is 0 Å². The molecule has 3 aromatic rings. The van der Waals surface area contributed by atoms with Gasteiger partial charge in [0, 0.05) is 18.1 Å². The maximum atomic E-state index is 12.2. The number of carbonyl (C=O) groups is 1. The fraction of sp³-hybridized carbons (Fsp3) is 0. The second kappa shape index (κ2) is 5.76. The molecule has 0 aliphatic rings. The number of amides is 1. The minimum Gasteiger partial charge on any atom is -0.321 e. The molecule has 106 valence electrons. The Kier molecular flexibility index (Phi) is 3.64. The van der Waals surface area contributed by atoms with Crippen molar-refractivity contribution in [1.82, 2.24) is 15.0 Å². The summed E-state index contributed by atoms with van der Waals surface area (Å²) in [6, 6.07) is 9.99. The Morgan fingerprint density at radius 2 is 1.91 bits per heavy atom. The van der Waals surface area contributed by atoms with Crippen molar-refractivity contribution in [1.29, 1.82) is 5.26 Å². The highest BCUT2D eigenvalue weighted by molar-refractivity contribution is 6.30. The van der Waals surface area contributed by atoms with E-state index in [0.717, 1.165) is 5.52 Å². The molecule has 0 saturated heterocycles. The van der Waals surface area contributed by atoms with Crippen molar-refractivity contribution < 1.29 is 4.79 Å². The first-order chi connectivity index (χ1) is 10.7. The van der Waals surface area contributed by atoms with Crippen molar-refractivity contribution in [3.8, 4) is 6.07 Å². The number of halogens is 1. The number of fused-ring (bicyclic) bond motifs is 1. The highest BCUT2D eigenvalue weighted by Crippen LogP contribution is 2.17. The predicted octanol–water partition coefficient (Wildman–Crippen LogP) is 2.80. The summed E-state index contributed by atoms with van der Waals surface area (Å²) in [6.07, 6.45) is 3.18. The van der Waals surface area contributed by atoms with Gasteiger partial charge < -0.3 is 5.32 Å². The monoisotopic (exact) mass is 309 g/mol. The van der Waals surface area contributed by atoms with Gasteiger partial charge in [0.05, 0.1) is 16.6 Å². The molecule has 0 bridgehead atoms. The molecule has 22 heavy (non-hydrogen) atoms. The van der Waals surface area contributed by atoms with Crippen LogP contribution >= 0.6 is 11.6 Å². The van der Waals surface area contributed by atoms with Crippen LogP contribution in [0.5, 0.6) is 0 Å². The summed E-state index contributed by atoms with van der Waals surface area (Å²) < 4.78 is 0. The Morgan fingerprint density at radius 1 is 1.14 bits per heavy atom. The number of anilines is 1. The third-order valence-corrected chi connectivity index (χ3v) is 3.22. The van der Waals surface area contributed by atoms with Crippen LogP contribution in [0.2, 0.25) is 5.15 Å². The Bertz CT molecular complexity index is 919. The van der Waals surface area contributed by atoms with E-state index in [0.29, 0.717) is 11.2 Å². The summed E-state index contributed by atoms with van der Waals surface area (Å²) >= 11 is 5.82. The lowest BCUT2D eigenvalue weighted by molar-refractivity contribution is 0.102. The number of nitrogens with one attached hydrogen (secondary N) is 1. The average Bonchev–Trinajstić information content (AvgIpc) is 2.54. The summed E-state index contributed by atoms with van der Waals surface area (Å²) in [6.45, 7) is 0. The molecule has 3 rings (SSSR count). The van der Waals surface area contributed by atoms with Crippen LogP contribution in [0.4, 0.5) is 5.69 Å². The Hall–Kier alpha value is -3.04. The molecule has 0 aliphatic heterocycles. The van der Waals surface area contributed by atoms with Crippen LogP contribution in [0.25, 0.3) is 11.0 Å². The van der Waals surface area contributed by atoms with E-state index in [2.05, 4.69) is 20.3 Å². The van der Waals surface area contributed by atoms with Crippen LogP contribution in [0, 0.1) is 11.3 Å². The lowest BCUT2D eigenvalue weighted by Crippen LogP contribution is -2.14. The molecule has 1 amide bonds. The van der Waals surface area contributed by atoms with Gasteiger partial charge in [-0.25, -0.2) is 4.98 Å². The number of nitrogens with zero attached hydrogens (tertiary/aromatic N) is 4. The van der Waals surface area contributed by atoms with E-state index >= 15 is 0 Å². The zero-order valence-corrected chi connectivity index (χ0v) is 11.9. The number of aromatic nitrogens is 3. The molecule has 0 unspecified atom stereocenters. The van der Waals surface area contributed by atoms with Gasteiger partial charge in [-0.15, -0.1) is 0 Å². The van der Waals surface area contributed by atoms with Crippen LogP contribution in [0.1, 0.15) is 16.1 Å². The first-order valence-corrected chi connectivity index (χ1v) is 6.64. The third kappa shape index (κ3) is 2.71. The summed E-state index contributed by atoms with van der Waals surface area (Å²) in [4.78, 5) is 24.4. The van der Waals surface area contributed by atoms with Crippen molar-refractivity contribution in [2.45, 2.75) is 0 Å². The van der Waals surface area contributed by atoms with Gasteiger partial charge in [-0.2, -0.15) is 5.26 Å². The standard InChI is InChI=1S/C15H8ClN5O/c16-14-9(8-17)1-3-12(21-14)15(22)20-10-2-4-11-13(7-10)19-6-5-18-11/h1-7H,(H,20,22). The van der Waals surface area contributed by atoms with Crippen molar-refractivity contribution in [2.24, 2.45) is 0 Å². The van der Waals surface area contributed by atoms with E-state index in [1.807, 2.05) is 6.07 Å². The largest absolute Gasteiger partial charge is 0.321 e. The van der Waals surface area contributed by atoms with Gasteiger partial charge in [-0.05, 0) is 30.3 Å². The fourth-order valence-corrected chi connectivity index (χ4v) is 2.08. The number of benzene rings is 1. The van der Waals surface area contributed by atoms with Crippen molar-refractivity contribution in [2.75, 3.05) is 5.32 Å². The Morgan fingerprint density at radius 3 is 2.64 bits per heavy atom. The van der Waals surface area contributed by atoms with E-state index in [1.165, 1.54) is 12.1 Å². The lowest BCUT2D eigenvalue weighted by atomic mass is 10.2. The van der Waals surface area contributed by atoms with Crippen LogP contribution in [0.3, 0.4) is 0 Å². The Labute approximate surface area is 130 Å². The zero-order valence-electron chi connectivity index (χ0n) is 11.1. The van der Waals surface area contributed by atoms with E-state index in [4.69, 9.17) is 16.9 Å². The number of hydrogen-bond donors (Lipinski definition) is 1. The van der Waals surface area contributed by atoms with Crippen molar-refractivity contribution >= 4 is 34.2 Å². The van der Waals surface area contributed by atoms with Gasteiger partial charge in [0.15, 0.2) is 0 Å². The molecular weight excluding hydrogens is 302 g/mol. The molecule has 1 N–H and O–H groups in total. The van der Waals surface area contributed by atoms with Gasteiger partial charge in [0.2, 0.25) is 0 Å². The number of rotatable bonds is 2. The minimum absolute atomic E-state index is 0.000437. The quantitative estimate of drug-likeness (QED) is 0.735. The number of carbonyl (C=O) groups excluding carboxylic acids is 1. The topological polar surface area (TPSA) is 91.6 Å². The second-order valence-corrected chi connectivity index (χ2v) is 4.72. The maximum absolute atomic E-state index is 12.2. The van der Waals surface area contributed by atoms with Crippen LogP contribution in [-0.4, -0.2) is 20.9 Å². The molecule has 0 fully saturated rings. The predicted molar refractivity (Wildman–Crippen MR) is 81.5 cm³/mol. The van der Waals surface area contributed by atoms with E-state index in [9.17, 15) is 4.79 Å². The molecule has 2 aromatic heterocycles. The molecule has 0 atom stereocenters. The zero-order chi connectivity index (χ0) is 15.5. The van der Waals surface area contributed by atoms with Crippen LogP contribution < -0.4 is 5.32 Å². The molecule has 0 spiro atoms. The summed E-state index contributed by atoms with van der Waals surface area (Å²) in [5, 5.41) is 11.5. The summed E-state index contributed by atoms with van der Waals surface area (Å²) in [5.41, 5.74) is 2.33. The molecule has 2 heterocycles. The summed E-state index contributed by atoms with van der Waals surface area (Å²) in [7, 11) is 0. The normalized spacial score (nSPS) is 10.2. The molecule has 1 aromatic carbocycles. The van der Waals surface area contributed by atoms with E-state index < -0.39 is 5.91 Å². The van der Waals surface area contributed by atoms with Crippen molar-refractivity contribution in [3.63, 3.8) is 0 Å². The maximum Gasteiger partial charge on any atom is 0.274 e. The van der Waals surface area contributed by atoms with Gasteiger partial charge in [0.1, 0.15) is 16.9 Å². The molecule has 0 saturated carbocycles. The molecular formula is C15H8ClN5O. The number of pyridine rings is 1. The third-order valence-electron chi connectivity index (χ3n) is 2.93. The molecule has 0 aliphatic carbocycles. The van der Waals surface area contributed by atoms with Crippen molar-refractivity contribution in [3.05, 3.63) is 59.1 Å². The average molecular weight is 310 g/mol. The first kappa shape index (κ1) is 13.9. The minimum atomic E-state index is -0.422. The lowest BCUT2D eigenvalue weighted by Gasteiger charge is -2.06. The fourth-order valence-electron chi connectivity index (χ4n) is 1.88.